The Morgan fingerprint density at radius 1 is 1.33 bits per heavy atom. The molecule has 0 amide bonds. The molecule has 0 aliphatic carbocycles. The molecule has 0 saturated heterocycles. The van der Waals surface area contributed by atoms with Crippen molar-refractivity contribution in [2.24, 2.45) is 0 Å². The molecule has 1 rings (SSSR count). The van der Waals surface area contributed by atoms with Crippen LogP contribution >= 0.6 is 0 Å². The number of aliphatic hydroxyl groups is 1. The van der Waals surface area contributed by atoms with Gasteiger partial charge in [-0.05, 0) is 12.1 Å². The Kier molecular flexibility index (Phi) is 2.48. The van der Waals surface area contributed by atoms with Crippen molar-refractivity contribution in [3.05, 3.63) is 42.2 Å². The van der Waals surface area contributed by atoms with Crippen molar-refractivity contribution in [3.8, 4) is 5.75 Å². The summed E-state index contributed by atoms with van der Waals surface area (Å²) in [5.41, 5.74) is 0.183. The van der Waals surface area contributed by atoms with E-state index in [9.17, 15) is 9.90 Å². The predicted octanol–water partition coefficient (Wildman–Crippen LogP) is 1.65. The predicted molar refractivity (Wildman–Crippen MR) is 44.2 cm³/mol. The molecule has 0 heterocycles. The molecule has 0 spiro atoms. The molecule has 0 fully saturated rings. The summed E-state index contributed by atoms with van der Waals surface area (Å²) in [6.45, 7) is 0. The number of aromatic hydroxyl groups is 1. The van der Waals surface area contributed by atoms with Crippen LogP contribution in [0.15, 0.2) is 36.6 Å². The zero-order valence-electron chi connectivity index (χ0n) is 6.27. The van der Waals surface area contributed by atoms with Gasteiger partial charge in [0.15, 0.2) is 5.78 Å². The van der Waals surface area contributed by atoms with Crippen LogP contribution in [0.1, 0.15) is 10.4 Å². The first-order valence-electron chi connectivity index (χ1n) is 3.39. The van der Waals surface area contributed by atoms with E-state index in [0.717, 1.165) is 6.08 Å². The minimum absolute atomic E-state index is 0.0828. The monoisotopic (exact) mass is 164 g/mol. The van der Waals surface area contributed by atoms with Crippen molar-refractivity contribution in [1.29, 1.82) is 0 Å². The molecule has 1 aromatic rings. The van der Waals surface area contributed by atoms with Crippen LogP contribution in [0.3, 0.4) is 0 Å². The fourth-order valence-electron chi connectivity index (χ4n) is 0.839. The molecular weight excluding hydrogens is 156 g/mol. The number of phenols is 1. The first kappa shape index (κ1) is 8.33. The molecular formula is C9H8O3. The molecule has 0 saturated carbocycles. The fourth-order valence-corrected chi connectivity index (χ4v) is 0.839. The lowest BCUT2D eigenvalue weighted by molar-refractivity contribution is 0.104. The van der Waals surface area contributed by atoms with E-state index in [-0.39, 0.29) is 11.3 Å². The molecule has 0 bridgehead atoms. The third-order valence-corrected chi connectivity index (χ3v) is 1.40. The van der Waals surface area contributed by atoms with Gasteiger partial charge in [0.1, 0.15) is 5.75 Å². The lowest BCUT2D eigenvalue weighted by Crippen LogP contribution is -1.93. The first-order chi connectivity index (χ1) is 5.75. The van der Waals surface area contributed by atoms with Crippen LogP contribution in [0.25, 0.3) is 0 Å². The second-order valence-corrected chi connectivity index (χ2v) is 2.20. The van der Waals surface area contributed by atoms with Crippen LogP contribution in [0.2, 0.25) is 0 Å². The molecule has 0 atom stereocenters. The van der Waals surface area contributed by atoms with Crippen LogP contribution in [-0.2, 0) is 0 Å². The summed E-state index contributed by atoms with van der Waals surface area (Å²) in [5, 5.41) is 17.5. The second kappa shape index (κ2) is 3.57. The molecule has 0 aromatic heterocycles. The number of carbonyl (C=O) groups excluding carboxylic acids is 1. The molecule has 0 aliphatic rings. The van der Waals surface area contributed by atoms with E-state index in [0.29, 0.717) is 6.26 Å². The summed E-state index contributed by atoms with van der Waals surface area (Å²) in [5.74, 6) is -0.504. The van der Waals surface area contributed by atoms with Gasteiger partial charge in [-0.3, -0.25) is 4.79 Å². The highest BCUT2D eigenvalue weighted by molar-refractivity contribution is 6.06. The SMILES string of the molecule is O=C(/C=C/O)c1ccccc1O. The van der Waals surface area contributed by atoms with E-state index in [1.165, 1.54) is 12.1 Å². The van der Waals surface area contributed by atoms with E-state index in [2.05, 4.69) is 0 Å². The summed E-state index contributed by atoms with van der Waals surface area (Å²) < 4.78 is 0. The van der Waals surface area contributed by atoms with Gasteiger partial charge in [-0.25, -0.2) is 0 Å². The van der Waals surface area contributed by atoms with Gasteiger partial charge in [0.2, 0.25) is 0 Å². The van der Waals surface area contributed by atoms with Crippen LogP contribution in [0.4, 0.5) is 0 Å². The first-order valence-corrected chi connectivity index (χ1v) is 3.39. The third kappa shape index (κ3) is 1.63. The van der Waals surface area contributed by atoms with Gasteiger partial charge in [0.25, 0.3) is 0 Å². The zero-order valence-corrected chi connectivity index (χ0v) is 6.27. The number of benzene rings is 1. The summed E-state index contributed by atoms with van der Waals surface area (Å²) in [6.07, 6.45) is 1.63. The molecule has 3 nitrogen and oxygen atoms in total. The quantitative estimate of drug-likeness (QED) is 0.397. The number of allylic oxidation sites excluding steroid dienone is 1. The average Bonchev–Trinajstić information content (AvgIpc) is 2.05. The number of carbonyl (C=O) groups is 1. The van der Waals surface area contributed by atoms with Crippen molar-refractivity contribution in [2.45, 2.75) is 0 Å². The number of aliphatic hydroxyl groups excluding tert-OH is 1. The zero-order chi connectivity index (χ0) is 8.97. The topological polar surface area (TPSA) is 57.5 Å². The summed E-state index contributed by atoms with van der Waals surface area (Å²) in [6, 6.07) is 6.16. The third-order valence-electron chi connectivity index (χ3n) is 1.40. The Morgan fingerprint density at radius 2 is 2.00 bits per heavy atom. The molecule has 12 heavy (non-hydrogen) atoms. The van der Waals surface area contributed by atoms with Gasteiger partial charge < -0.3 is 10.2 Å². The highest BCUT2D eigenvalue weighted by Crippen LogP contribution is 2.16. The van der Waals surface area contributed by atoms with Crippen LogP contribution < -0.4 is 0 Å². The maximum absolute atomic E-state index is 11.1. The van der Waals surface area contributed by atoms with Crippen LogP contribution in [-0.4, -0.2) is 16.0 Å². The Bertz CT molecular complexity index is 315. The number of rotatable bonds is 2. The van der Waals surface area contributed by atoms with Gasteiger partial charge in [-0.1, -0.05) is 12.1 Å². The Balaban J connectivity index is 3.03. The van der Waals surface area contributed by atoms with Gasteiger partial charge in [0.05, 0.1) is 11.8 Å². The number of phenolic OH excluding ortho intramolecular Hbond substituents is 1. The highest BCUT2D eigenvalue weighted by atomic mass is 16.3. The van der Waals surface area contributed by atoms with Gasteiger partial charge in [0, 0.05) is 6.08 Å². The Morgan fingerprint density at radius 3 is 2.58 bits per heavy atom. The summed E-state index contributed by atoms with van der Waals surface area (Å²) in [4.78, 5) is 11.1. The second-order valence-electron chi connectivity index (χ2n) is 2.20. The molecule has 0 unspecified atom stereocenters. The molecule has 1 aromatic carbocycles. The van der Waals surface area contributed by atoms with Crippen molar-refractivity contribution in [1.82, 2.24) is 0 Å². The van der Waals surface area contributed by atoms with E-state index < -0.39 is 5.78 Å². The number of hydrogen-bond donors (Lipinski definition) is 2. The standard InChI is InChI=1S/C9H8O3/c10-6-5-9(12)7-3-1-2-4-8(7)11/h1-6,10-11H/b6-5+. The number of hydrogen-bond acceptors (Lipinski definition) is 3. The largest absolute Gasteiger partial charge is 0.515 e. The van der Waals surface area contributed by atoms with Gasteiger partial charge in [-0.15, -0.1) is 0 Å². The average molecular weight is 164 g/mol. The van der Waals surface area contributed by atoms with Gasteiger partial charge >= 0.3 is 0 Å². The molecule has 62 valence electrons. The van der Waals surface area contributed by atoms with Crippen molar-refractivity contribution in [3.63, 3.8) is 0 Å². The number of para-hydroxylation sites is 1. The molecule has 3 heteroatoms. The minimum Gasteiger partial charge on any atom is -0.515 e. The minimum atomic E-state index is -0.421. The maximum Gasteiger partial charge on any atom is 0.192 e. The molecule has 0 radical (unpaired) electrons. The summed E-state index contributed by atoms with van der Waals surface area (Å²) in [7, 11) is 0. The smallest absolute Gasteiger partial charge is 0.192 e. The maximum atomic E-state index is 11.1. The molecule has 0 aliphatic heterocycles. The lowest BCUT2D eigenvalue weighted by atomic mass is 10.1. The van der Waals surface area contributed by atoms with E-state index in [1.807, 2.05) is 0 Å². The number of ketones is 1. The van der Waals surface area contributed by atoms with E-state index >= 15 is 0 Å². The lowest BCUT2D eigenvalue weighted by Gasteiger charge is -1.97. The van der Waals surface area contributed by atoms with Gasteiger partial charge in [-0.2, -0.15) is 0 Å². The Hall–Kier alpha value is -1.77. The fraction of sp³-hybridized carbons (Fsp3) is 0. The highest BCUT2D eigenvalue weighted by Gasteiger charge is 2.05. The van der Waals surface area contributed by atoms with E-state index in [1.54, 1.807) is 12.1 Å². The van der Waals surface area contributed by atoms with Crippen molar-refractivity contribution >= 4 is 5.78 Å². The molecule has 2 N–H and O–H groups in total. The van der Waals surface area contributed by atoms with Crippen molar-refractivity contribution < 1.29 is 15.0 Å². The van der Waals surface area contributed by atoms with Crippen LogP contribution in [0, 0.1) is 0 Å². The normalized spacial score (nSPS) is 10.3. The van der Waals surface area contributed by atoms with Crippen LogP contribution in [0.5, 0.6) is 5.75 Å². The summed E-state index contributed by atoms with van der Waals surface area (Å²) >= 11 is 0. The van der Waals surface area contributed by atoms with Crippen molar-refractivity contribution in [2.75, 3.05) is 0 Å². The van der Waals surface area contributed by atoms with E-state index in [4.69, 9.17) is 5.11 Å². The Labute approximate surface area is 69.6 Å².